The second-order valence-electron chi connectivity index (χ2n) is 9.48. The van der Waals surface area contributed by atoms with E-state index in [9.17, 15) is 9.59 Å². The van der Waals surface area contributed by atoms with Crippen molar-refractivity contribution in [3.05, 3.63) is 23.8 Å². The molecule has 0 spiro atoms. The van der Waals surface area contributed by atoms with Gasteiger partial charge in [-0.3, -0.25) is 9.59 Å². The highest BCUT2D eigenvalue weighted by Gasteiger charge is 2.19. The molecule has 1 aromatic carbocycles. The Morgan fingerprint density at radius 1 is 0.912 bits per heavy atom. The maximum absolute atomic E-state index is 13.2. The van der Waals surface area contributed by atoms with Gasteiger partial charge in [0.05, 0.1) is 5.56 Å². The number of piperidine rings is 1. The van der Waals surface area contributed by atoms with Crippen LogP contribution in [-0.4, -0.2) is 56.0 Å². The molecule has 2 rings (SSSR count). The van der Waals surface area contributed by atoms with Crippen molar-refractivity contribution in [1.82, 2.24) is 10.2 Å². The molecule has 0 aromatic heterocycles. The summed E-state index contributed by atoms with van der Waals surface area (Å²) in [7, 11) is 0. The number of hydrogen-bond donors (Lipinski definition) is 2. The van der Waals surface area contributed by atoms with Gasteiger partial charge in [-0.25, -0.2) is 0 Å². The van der Waals surface area contributed by atoms with Crippen molar-refractivity contribution in [2.45, 2.75) is 91.4 Å². The van der Waals surface area contributed by atoms with Crippen molar-refractivity contribution >= 4 is 23.2 Å². The summed E-state index contributed by atoms with van der Waals surface area (Å²) >= 11 is 0. The highest BCUT2D eigenvalue weighted by molar-refractivity contribution is 6.02. The minimum absolute atomic E-state index is 0.0344. The Labute approximate surface area is 207 Å². The predicted octanol–water partition coefficient (Wildman–Crippen LogP) is 5.83. The zero-order valence-electron chi connectivity index (χ0n) is 22.0. The van der Waals surface area contributed by atoms with Crippen LogP contribution in [0.3, 0.4) is 0 Å². The first-order chi connectivity index (χ1) is 16.6. The smallest absolute Gasteiger partial charge is 0.253 e. The SMILES string of the molecule is CCCCCCCCCC(=O)Nc1ccc(N2CCCCC2)c(C(=O)NCCN(CC)CC)c1. The molecule has 0 atom stereocenters. The van der Waals surface area contributed by atoms with Crippen molar-refractivity contribution in [3.63, 3.8) is 0 Å². The third-order valence-electron chi connectivity index (χ3n) is 6.84. The van der Waals surface area contributed by atoms with Crippen molar-refractivity contribution in [2.24, 2.45) is 0 Å². The highest BCUT2D eigenvalue weighted by Crippen LogP contribution is 2.27. The molecule has 2 amide bonds. The van der Waals surface area contributed by atoms with Gasteiger partial charge in [-0.1, -0.05) is 59.3 Å². The first-order valence-electron chi connectivity index (χ1n) is 13.8. The standard InChI is InChI=1S/C28H48N4O2/c1-4-7-8-9-10-11-13-16-27(33)30-24-17-18-26(32-20-14-12-15-21-32)25(23-24)28(34)29-19-22-31(5-2)6-3/h17-18,23H,4-16,19-22H2,1-3H3,(H,29,34)(H,30,33). The zero-order chi connectivity index (χ0) is 24.6. The molecule has 1 aliphatic rings. The van der Waals surface area contributed by atoms with Gasteiger partial charge < -0.3 is 20.4 Å². The summed E-state index contributed by atoms with van der Waals surface area (Å²) in [5.74, 6) is -0.0249. The maximum atomic E-state index is 13.2. The third-order valence-corrected chi connectivity index (χ3v) is 6.84. The summed E-state index contributed by atoms with van der Waals surface area (Å²) < 4.78 is 0. The van der Waals surface area contributed by atoms with Crippen LogP contribution < -0.4 is 15.5 Å². The van der Waals surface area contributed by atoms with Crippen LogP contribution in [-0.2, 0) is 4.79 Å². The molecule has 6 heteroatoms. The number of nitrogens with zero attached hydrogens (tertiary/aromatic N) is 2. The Balaban J connectivity index is 1.96. The number of nitrogens with one attached hydrogen (secondary N) is 2. The first-order valence-corrected chi connectivity index (χ1v) is 13.8. The topological polar surface area (TPSA) is 64.7 Å². The van der Waals surface area contributed by atoms with E-state index in [-0.39, 0.29) is 11.8 Å². The van der Waals surface area contributed by atoms with Crippen LogP contribution in [0.15, 0.2) is 18.2 Å². The fourth-order valence-corrected chi connectivity index (χ4v) is 4.63. The normalized spacial score (nSPS) is 13.8. The summed E-state index contributed by atoms with van der Waals surface area (Å²) in [6, 6.07) is 5.81. The Hall–Kier alpha value is -2.08. The number of likely N-dealkylation sites (N-methyl/N-ethyl adjacent to an activating group) is 1. The van der Waals surface area contributed by atoms with Gasteiger partial charge in [0, 0.05) is 44.0 Å². The van der Waals surface area contributed by atoms with Gasteiger partial charge in [-0.15, -0.1) is 0 Å². The van der Waals surface area contributed by atoms with Gasteiger partial charge in [0.2, 0.25) is 5.91 Å². The van der Waals surface area contributed by atoms with Crippen LogP contribution in [0.25, 0.3) is 0 Å². The lowest BCUT2D eigenvalue weighted by Crippen LogP contribution is -2.36. The molecule has 34 heavy (non-hydrogen) atoms. The van der Waals surface area contributed by atoms with Crippen molar-refractivity contribution < 1.29 is 9.59 Å². The molecule has 0 saturated carbocycles. The third kappa shape index (κ3) is 10.0. The van der Waals surface area contributed by atoms with Crippen molar-refractivity contribution in [1.29, 1.82) is 0 Å². The first kappa shape index (κ1) is 28.2. The number of carbonyl (C=O) groups is 2. The molecule has 1 heterocycles. The van der Waals surface area contributed by atoms with E-state index in [1.54, 1.807) is 0 Å². The molecule has 0 bridgehead atoms. The Kier molecular flexibility index (Phi) is 13.7. The molecule has 2 N–H and O–H groups in total. The van der Waals surface area contributed by atoms with E-state index >= 15 is 0 Å². The number of carbonyl (C=O) groups excluding carboxylic acids is 2. The Bertz CT molecular complexity index is 727. The number of amides is 2. The largest absolute Gasteiger partial charge is 0.371 e. The number of hydrogen-bond acceptors (Lipinski definition) is 4. The van der Waals surface area contributed by atoms with Crippen LogP contribution in [0.4, 0.5) is 11.4 Å². The molecule has 0 unspecified atom stereocenters. The molecule has 192 valence electrons. The average molecular weight is 473 g/mol. The minimum atomic E-state index is -0.0593. The van der Waals surface area contributed by atoms with Crippen molar-refractivity contribution in [3.8, 4) is 0 Å². The monoisotopic (exact) mass is 472 g/mol. The molecule has 6 nitrogen and oxygen atoms in total. The van der Waals surface area contributed by atoms with E-state index in [4.69, 9.17) is 0 Å². The van der Waals surface area contributed by atoms with Crippen molar-refractivity contribution in [2.75, 3.05) is 49.5 Å². The Morgan fingerprint density at radius 2 is 1.59 bits per heavy atom. The van der Waals surface area contributed by atoms with Crippen LogP contribution in [0.2, 0.25) is 0 Å². The van der Waals surface area contributed by atoms with E-state index < -0.39 is 0 Å². The lowest BCUT2D eigenvalue weighted by molar-refractivity contribution is -0.116. The highest BCUT2D eigenvalue weighted by atomic mass is 16.2. The summed E-state index contributed by atoms with van der Waals surface area (Å²) in [5.41, 5.74) is 2.35. The molecular formula is C28H48N4O2. The number of anilines is 2. The van der Waals surface area contributed by atoms with Gasteiger partial charge in [0.25, 0.3) is 5.91 Å². The summed E-state index contributed by atoms with van der Waals surface area (Å²) in [6.07, 6.45) is 12.4. The number of unbranched alkanes of at least 4 members (excludes halogenated alkanes) is 6. The van der Waals surface area contributed by atoms with Crippen LogP contribution in [0.1, 0.15) is 102 Å². The fourth-order valence-electron chi connectivity index (χ4n) is 4.63. The summed E-state index contributed by atoms with van der Waals surface area (Å²) in [6.45, 7) is 11.9. The van der Waals surface area contributed by atoms with E-state index in [2.05, 4.69) is 41.2 Å². The molecule has 1 fully saturated rings. The molecule has 1 aromatic rings. The molecule has 1 saturated heterocycles. The van der Waals surface area contributed by atoms with Gasteiger partial charge in [0.1, 0.15) is 0 Å². The van der Waals surface area contributed by atoms with Gasteiger partial charge in [-0.2, -0.15) is 0 Å². The average Bonchev–Trinajstić information content (AvgIpc) is 2.86. The predicted molar refractivity (Wildman–Crippen MR) is 144 cm³/mol. The van der Waals surface area contributed by atoms with E-state index in [1.807, 2.05) is 18.2 Å². The quantitative estimate of drug-likeness (QED) is 0.297. The molecule has 1 aliphatic heterocycles. The van der Waals surface area contributed by atoms with E-state index in [0.29, 0.717) is 24.2 Å². The van der Waals surface area contributed by atoms with Crippen LogP contribution in [0.5, 0.6) is 0 Å². The molecule has 0 radical (unpaired) electrons. The molecular weight excluding hydrogens is 424 g/mol. The minimum Gasteiger partial charge on any atom is -0.371 e. The Morgan fingerprint density at radius 3 is 2.26 bits per heavy atom. The lowest BCUT2D eigenvalue weighted by Gasteiger charge is -2.30. The zero-order valence-corrected chi connectivity index (χ0v) is 22.0. The van der Waals surface area contributed by atoms with Gasteiger partial charge in [0.15, 0.2) is 0 Å². The summed E-state index contributed by atoms with van der Waals surface area (Å²) in [5, 5.41) is 6.13. The number of rotatable bonds is 16. The maximum Gasteiger partial charge on any atom is 0.253 e. The lowest BCUT2D eigenvalue weighted by atomic mass is 10.1. The molecule has 0 aliphatic carbocycles. The number of benzene rings is 1. The second kappa shape index (κ2) is 16.5. The second-order valence-corrected chi connectivity index (χ2v) is 9.48. The van der Waals surface area contributed by atoms with E-state index in [1.165, 1.54) is 38.5 Å². The van der Waals surface area contributed by atoms with Crippen LogP contribution >= 0.6 is 0 Å². The van der Waals surface area contributed by atoms with Gasteiger partial charge in [-0.05, 0) is 57.0 Å². The fraction of sp³-hybridized carbons (Fsp3) is 0.714. The van der Waals surface area contributed by atoms with Gasteiger partial charge >= 0.3 is 0 Å². The van der Waals surface area contributed by atoms with E-state index in [0.717, 1.165) is 64.1 Å². The summed E-state index contributed by atoms with van der Waals surface area (Å²) in [4.78, 5) is 30.3. The van der Waals surface area contributed by atoms with Crippen LogP contribution in [0, 0.1) is 0 Å².